The number of carbonyl (C=O) groups is 2. The van der Waals surface area contributed by atoms with E-state index >= 15 is 0 Å². The van der Waals surface area contributed by atoms with Crippen molar-refractivity contribution >= 4 is 23.5 Å². The highest BCUT2D eigenvalue weighted by atomic mass is 35.5. The molecular weight excluding hydrogens is 294 g/mol. The minimum atomic E-state index is -1.17. The molecule has 0 aromatic heterocycles. The first-order chi connectivity index (χ1) is 9.84. The van der Waals surface area contributed by atoms with E-state index in [1.165, 1.54) is 0 Å². The maximum Gasteiger partial charge on any atom is 0.334 e. The number of carboxylic acid groups (broad SMARTS) is 2. The summed E-state index contributed by atoms with van der Waals surface area (Å²) in [6, 6.07) is 6.67. The summed E-state index contributed by atoms with van der Waals surface area (Å²) in [5, 5.41) is 22.1. The van der Waals surface area contributed by atoms with Crippen LogP contribution in [0.25, 0.3) is 0 Å². The molecule has 0 amide bonds. The van der Waals surface area contributed by atoms with E-state index in [9.17, 15) is 19.8 Å². The number of carboxylic acids is 2. The second kappa shape index (κ2) is 5.61. The number of hydrogen-bond acceptors (Lipinski definition) is 3. The molecule has 1 aromatic rings. The van der Waals surface area contributed by atoms with E-state index in [1.807, 2.05) is 0 Å². The van der Waals surface area contributed by atoms with Crippen molar-refractivity contribution in [1.82, 2.24) is 5.32 Å². The Labute approximate surface area is 126 Å². The molecule has 1 aromatic carbocycles. The molecule has 0 spiro atoms. The molecule has 0 radical (unpaired) electrons. The number of aliphatic carboxylic acids is 2. The van der Waals surface area contributed by atoms with Gasteiger partial charge in [-0.15, -0.1) is 0 Å². The van der Waals surface area contributed by atoms with Gasteiger partial charge >= 0.3 is 11.9 Å². The zero-order valence-electron chi connectivity index (χ0n) is 11.5. The van der Waals surface area contributed by atoms with Gasteiger partial charge in [0, 0.05) is 16.4 Å². The van der Waals surface area contributed by atoms with Crippen molar-refractivity contribution < 1.29 is 19.8 Å². The smallest absolute Gasteiger partial charge is 0.334 e. The van der Waals surface area contributed by atoms with Crippen LogP contribution in [-0.4, -0.2) is 22.2 Å². The van der Waals surface area contributed by atoms with Crippen LogP contribution in [0.2, 0.25) is 5.02 Å². The SMILES string of the molecule is CC1=C(C(=O)O)C(c2ccccc2Cl)C(C(=O)O)=C(C)N1. The summed E-state index contributed by atoms with van der Waals surface area (Å²) in [5.41, 5.74) is 1.27. The van der Waals surface area contributed by atoms with Crippen molar-refractivity contribution in [3.8, 4) is 0 Å². The van der Waals surface area contributed by atoms with Crippen molar-refractivity contribution in [2.24, 2.45) is 0 Å². The van der Waals surface area contributed by atoms with Gasteiger partial charge in [-0.1, -0.05) is 29.8 Å². The fraction of sp³-hybridized carbons (Fsp3) is 0.200. The maximum atomic E-state index is 11.6. The number of nitrogens with one attached hydrogen (secondary N) is 1. The Hall–Kier alpha value is -2.27. The average Bonchev–Trinajstić information content (AvgIpc) is 2.37. The first kappa shape index (κ1) is 15.1. The fourth-order valence-electron chi connectivity index (χ4n) is 2.58. The quantitative estimate of drug-likeness (QED) is 0.799. The first-order valence-corrected chi connectivity index (χ1v) is 6.62. The lowest BCUT2D eigenvalue weighted by Crippen LogP contribution is -2.31. The molecule has 0 fully saturated rings. The lowest BCUT2D eigenvalue weighted by Gasteiger charge is -2.29. The molecule has 5 nitrogen and oxygen atoms in total. The molecule has 2 rings (SSSR count). The predicted molar refractivity (Wildman–Crippen MR) is 78.0 cm³/mol. The Balaban J connectivity index is 2.74. The number of dihydropyridines is 1. The van der Waals surface area contributed by atoms with Crippen LogP contribution in [-0.2, 0) is 9.59 Å². The van der Waals surface area contributed by atoms with Crippen molar-refractivity contribution in [1.29, 1.82) is 0 Å². The molecule has 21 heavy (non-hydrogen) atoms. The molecule has 0 saturated heterocycles. The zero-order chi connectivity index (χ0) is 15.7. The number of benzene rings is 1. The molecule has 1 aliphatic heterocycles. The molecule has 0 bridgehead atoms. The number of allylic oxidation sites excluding steroid dienone is 2. The van der Waals surface area contributed by atoms with Crippen molar-refractivity contribution in [2.75, 3.05) is 0 Å². The van der Waals surface area contributed by atoms with Gasteiger partial charge in [-0.3, -0.25) is 0 Å². The van der Waals surface area contributed by atoms with Gasteiger partial charge in [0.15, 0.2) is 0 Å². The fourth-order valence-corrected chi connectivity index (χ4v) is 2.83. The minimum absolute atomic E-state index is 0.00824. The summed E-state index contributed by atoms with van der Waals surface area (Å²) < 4.78 is 0. The summed E-state index contributed by atoms with van der Waals surface area (Å²) in [6.45, 7) is 3.21. The summed E-state index contributed by atoms with van der Waals surface area (Å²) in [5.74, 6) is -3.25. The van der Waals surface area contributed by atoms with Gasteiger partial charge in [0.25, 0.3) is 0 Å². The summed E-state index contributed by atoms with van der Waals surface area (Å²) in [4.78, 5) is 23.2. The predicted octanol–water partition coefficient (Wildman–Crippen LogP) is 2.74. The van der Waals surface area contributed by atoms with Crippen LogP contribution in [0.4, 0.5) is 0 Å². The maximum absolute atomic E-state index is 11.6. The van der Waals surface area contributed by atoms with Crippen LogP contribution in [0.15, 0.2) is 46.8 Å². The van der Waals surface area contributed by atoms with Crippen LogP contribution >= 0.6 is 11.6 Å². The topological polar surface area (TPSA) is 86.6 Å². The average molecular weight is 308 g/mol. The van der Waals surface area contributed by atoms with E-state index < -0.39 is 17.9 Å². The van der Waals surface area contributed by atoms with Crippen LogP contribution in [0.1, 0.15) is 25.3 Å². The number of halogens is 1. The van der Waals surface area contributed by atoms with Crippen molar-refractivity contribution in [3.05, 3.63) is 57.4 Å². The van der Waals surface area contributed by atoms with Gasteiger partial charge in [0.2, 0.25) is 0 Å². The van der Waals surface area contributed by atoms with Crippen LogP contribution in [0, 0.1) is 0 Å². The summed E-state index contributed by atoms with van der Waals surface area (Å²) >= 11 is 6.14. The lowest BCUT2D eigenvalue weighted by atomic mass is 9.80. The van der Waals surface area contributed by atoms with Gasteiger partial charge in [-0.2, -0.15) is 0 Å². The summed E-state index contributed by atoms with van der Waals surface area (Å²) in [7, 11) is 0. The molecule has 6 heteroatoms. The molecular formula is C15H14ClNO4. The highest BCUT2D eigenvalue weighted by molar-refractivity contribution is 6.31. The third-order valence-electron chi connectivity index (χ3n) is 3.44. The second-order valence-corrected chi connectivity index (χ2v) is 5.17. The Kier molecular flexibility index (Phi) is 4.04. The standard InChI is InChI=1S/C15H14ClNO4/c1-7-11(14(18)19)13(9-5-3-4-6-10(9)16)12(15(20)21)8(2)17-7/h3-6,13,17H,1-2H3,(H,18,19)(H,20,21). The third kappa shape index (κ3) is 2.64. The molecule has 1 heterocycles. The second-order valence-electron chi connectivity index (χ2n) is 4.77. The van der Waals surface area contributed by atoms with Crippen molar-refractivity contribution in [3.63, 3.8) is 0 Å². The van der Waals surface area contributed by atoms with Gasteiger partial charge < -0.3 is 15.5 Å². The Morgan fingerprint density at radius 1 is 1.05 bits per heavy atom. The molecule has 0 unspecified atom stereocenters. The molecule has 110 valence electrons. The molecule has 3 N–H and O–H groups in total. The largest absolute Gasteiger partial charge is 0.478 e. The van der Waals surface area contributed by atoms with Crippen LogP contribution in [0.5, 0.6) is 0 Å². The monoisotopic (exact) mass is 307 g/mol. The summed E-state index contributed by atoms with van der Waals surface area (Å²) in [6.07, 6.45) is 0. The van der Waals surface area contributed by atoms with Gasteiger partial charge in [-0.25, -0.2) is 9.59 Å². The van der Waals surface area contributed by atoms with E-state index in [1.54, 1.807) is 38.1 Å². The minimum Gasteiger partial charge on any atom is -0.478 e. The van der Waals surface area contributed by atoms with E-state index in [4.69, 9.17) is 11.6 Å². The van der Waals surface area contributed by atoms with E-state index in [-0.39, 0.29) is 11.1 Å². The molecule has 0 aliphatic carbocycles. The van der Waals surface area contributed by atoms with Gasteiger partial charge in [0.05, 0.1) is 17.1 Å². The Bertz CT molecular complexity index is 655. The molecule has 0 saturated carbocycles. The Morgan fingerprint density at radius 2 is 1.52 bits per heavy atom. The highest BCUT2D eigenvalue weighted by Crippen LogP contribution is 2.40. The van der Waals surface area contributed by atoms with Crippen molar-refractivity contribution in [2.45, 2.75) is 19.8 Å². The van der Waals surface area contributed by atoms with Gasteiger partial charge in [0.1, 0.15) is 0 Å². The Morgan fingerprint density at radius 3 is 1.95 bits per heavy atom. The van der Waals surface area contributed by atoms with Crippen LogP contribution < -0.4 is 5.32 Å². The highest BCUT2D eigenvalue weighted by Gasteiger charge is 2.37. The number of hydrogen-bond donors (Lipinski definition) is 3. The number of rotatable bonds is 3. The lowest BCUT2D eigenvalue weighted by molar-refractivity contribution is -0.133. The molecule has 0 atom stereocenters. The zero-order valence-corrected chi connectivity index (χ0v) is 12.2. The normalized spacial score (nSPS) is 16.0. The van der Waals surface area contributed by atoms with E-state index in [0.717, 1.165) is 0 Å². The van der Waals surface area contributed by atoms with Gasteiger partial charge in [-0.05, 0) is 25.5 Å². The van der Waals surface area contributed by atoms with E-state index in [0.29, 0.717) is 22.0 Å². The first-order valence-electron chi connectivity index (χ1n) is 6.24. The third-order valence-corrected chi connectivity index (χ3v) is 3.78. The van der Waals surface area contributed by atoms with Crippen LogP contribution in [0.3, 0.4) is 0 Å². The molecule has 1 aliphatic rings. The van der Waals surface area contributed by atoms with E-state index in [2.05, 4.69) is 5.32 Å².